The monoisotopic (exact) mass is 478 g/mol. The maximum absolute atomic E-state index is 13.6. The van der Waals surface area contributed by atoms with E-state index >= 15 is 0 Å². The highest BCUT2D eigenvalue weighted by Gasteiger charge is 2.57. The number of carbonyl (C=O) groups excluding carboxylic acids is 2. The summed E-state index contributed by atoms with van der Waals surface area (Å²) < 4.78 is 5.25. The van der Waals surface area contributed by atoms with E-state index in [1.807, 2.05) is 42.3 Å². The molecule has 2 saturated heterocycles. The molecular formula is C28H38N4O3. The van der Waals surface area contributed by atoms with Gasteiger partial charge in [0.05, 0.1) is 7.11 Å². The molecule has 2 aliphatic heterocycles. The summed E-state index contributed by atoms with van der Waals surface area (Å²) in [6.45, 7) is 6.95. The number of urea groups is 1. The molecule has 7 nitrogen and oxygen atoms in total. The molecule has 0 saturated carbocycles. The van der Waals surface area contributed by atoms with Crippen molar-refractivity contribution in [1.29, 1.82) is 0 Å². The average Bonchev–Trinajstić information content (AvgIpc) is 3.09. The number of rotatable bonds is 10. The number of likely N-dealkylation sites (tertiary alicyclic amines) is 1. The molecule has 3 heterocycles. The Labute approximate surface area is 209 Å². The highest BCUT2D eigenvalue weighted by molar-refractivity contribution is 6.07. The molecule has 4 rings (SSSR count). The molecule has 2 aromatic rings. The highest BCUT2D eigenvalue weighted by atomic mass is 16.5. The van der Waals surface area contributed by atoms with Crippen molar-refractivity contribution in [3.8, 4) is 5.75 Å². The number of pyridine rings is 1. The molecule has 0 N–H and O–H groups in total. The summed E-state index contributed by atoms with van der Waals surface area (Å²) in [5.74, 6) is 0.881. The van der Waals surface area contributed by atoms with Gasteiger partial charge < -0.3 is 14.5 Å². The highest BCUT2D eigenvalue weighted by Crippen LogP contribution is 2.38. The van der Waals surface area contributed by atoms with Crippen LogP contribution < -0.4 is 4.74 Å². The van der Waals surface area contributed by atoms with E-state index in [0.717, 1.165) is 50.1 Å². The molecule has 0 radical (unpaired) electrons. The quantitative estimate of drug-likeness (QED) is 0.480. The Kier molecular flexibility index (Phi) is 8.06. The van der Waals surface area contributed by atoms with Gasteiger partial charge in [0.15, 0.2) is 0 Å². The van der Waals surface area contributed by atoms with Gasteiger partial charge in [0.1, 0.15) is 11.3 Å². The van der Waals surface area contributed by atoms with Crippen molar-refractivity contribution >= 4 is 11.9 Å². The van der Waals surface area contributed by atoms with E-state index in [4.69, 9.17) is 4.74 Å². The lowest BCUT2D eigenvalue weighted by molar-refractivity contribution is -0.136. The number of aromatic nitrogens is 1. The van der Waals surface area contributed by atoms with Crippen molar-refractivity contribution in [1.82, 2.24) is 19.7 Å². The zero-order valence-electron chi connectivity index (χ0n) is 21.3. The molecule has 2 fully saturated rings. The number of benzene rings is 1. The van der Waals surface area contributed by atoms with Gasteiger partial charge >= 0.3 is 6.03 Å². The summed E-state index contributed by atoms with van der Waals surface area (Å²) in [7, 11) is 1.68. The Morgan fingerprint density at radius 3 is 2.43 bits per heavy atom. The molecule has 35 heavy (non-hydrogen) atoms. The van der Waals surface area contributed by atoms with Crippen molar-refractivity contribution < 1.29 is 14.3 Å². The van der Waals surface area contributed by atoms with Crippen LogP contribution in [0.15, 0.2) is 48.8 Å². The van der Waals surface area contributed by atoms with Gasteiger partial charge in [-0.15, -0.1) is 0 Å². The van der Waals surface area contributed by atoms with Gasteiger partial charge in [0.25, 0.3) is 5.91 Å². The molecule has 1 aromatic heterocycles. The van der Waals surface area contributed by atoms with E-state index in [9.17, 15) is 9.59 Å². The third-order valence-corrected chi connectivity index (χ3v) is 7.77. The van der Waals surface area contributed by atoms with E-state index in [1.54, 1.807) is 13.3 Å². The molecular weight excluding hydrogens is 440 g/mol. The van der Waals surface area contributed by atoms with Crippen LogP contribution >= 0.6 is 0 Å². The second-order valence-corrected chi connectivity index (χ2v) is 9.75. The summed E-state index contributed by atoms with van der Waals surface area (Å²) in [4.78, 5) is 36.7. The second-order valence-electron chi connectivity index (χ2n) is 9.75. The third kappa shape index (κ3) is 5.35. The molecule has 0 unspecified atom stereocenters. The van der Waals surface area contributed by atoms with Crippen molar-refractivity contribution in [3.63, 3.8) is 0 Å². The first-order valence-corrected chi connectivity index (χ1v) is 12.9. The van der Waals surface area contributed by atoms with Gasteiger partial charge in [-0.3, -0.25) is 14.7 Å². The fraction of sp³-hybridized carbons (Fsp3) is 0.536. The molecule has 0 bridgehead atoms. The average molecular weight is 479 g/mol. The number of ether oxygens (including phenoxy) is 1. The molecule has 7 heteroatoms. The predicted octanol–water partition coefficient (Wildman–Crippen LogP) is 4.16. The number of imide groups is 1. The standard InChI is InChI=1S/C28H38N4O3/c1-4-32-27(34)31(18-6-8-24-7-5-17-29-21-24)26(33)28(32)15-19-30(20-16-28)22(2)9-10-23-11-13-25(35-3)14-12-23/h5,7,11-14,17,21-22H,4,6,8-10,15-16,18-20H2,1-3H3/t22-/m0/s1. The largest absolute Gasteiger partial charge is 0.497 e. The van der Waals surface area contributed by atoms with Gasteiger partial charge in [0.2, 0.25) is 0 Å². The molecule has 1 aromatic carbocycles. The third-order valence-electron chi connectivity index (χ3n) is 7.77. The minimum atomic E-state index is -0.674. The zero-order chi connectivity index (χ0) is 24.8. The lowest BCUT2D eigenvalue weighted by Gasteiger charge is -2.43. The van der Waals surface area contributed by atoms with Gasteiger partial charge in [0, 0.05) is 44.6 Å². The minimum absolute atomic E-state index is 0.000993. The van der Waals surface area contributed by atoms with Gasteiger partial charge in [-0.2, -0.15) is 0 Å². The normalized spacial score (nSPS) is 18.9. The predicted molar refractivity (Wildman–Crippen MR) is 136 cm³/mol. The van der Waals surface area contributed by atoms with E-state index in [-0.39, 0.29) is 11.9 Å². The Balaban J connectivity index is 1.32. The molecule has 1 atom stereocenters. The zero-order valence-corrected chi connectivity index (χ0v) is 21.3. The smallest absolute Gasteiger partial charge is 0.327 e. The number of aryl methyl sites for hydroxylation is 2. The molecule has 0 aliphatic carbocycles. The SMILES string of the molecule is CCN1C(=O)N(CCCc2cccnc2)C(=O)C12CCN([C@@H](C)CCc1ccc(OC)cc1)CC2. The first-order chi connectivity index (χ1) is 17.0. The number of nitrogens with zero attached hydrogens (tertiary/aromatic N) is 4. The Hall–Kier alpha value is -2.93. The second kappa shape index (κ2) is 11.2. The van der Waals surface area contributed by atoms with Crippen molar-refractivity contribution in [3.05, 3.63) is 59.9 Å². The van der Waals surface area contributed by atoms with E-state index in [2.05, 4.69) is 28.9 Å². The van der Waals surface area contributed by atoms with Crippen LogP contribution in [0.2, 0.25) is 0 Å². The van der Waals surface area contributed by atoms with Crippen LogP contribution in [0.4, 0.5) is 4.79 Å². The number of methoxy groups -OCH3 is 1. The maximum atomic E-state index is 13.6. The molecule has 188 valence electrons. The van der Waals surface area contributed by atoms with Crippen LogP contribution in [0.25, 0.3) is 0 Å². The first-order valence-electron chi connectivity index (χ1n) is 12.9. The Morgan fingerprint density at radius 1 is 1.06 bits per heavy atom. The summed E-state index contributed by atoms with van der Waals surface area (Å²) in [6.07, 6.45) is 8.65. The number of piperidine rings is 1. The van der Waals surface area contributed by atoms with Crippen LogP contribution in [0.1, 0.15) is 50.7 Å². The van der Waals surface area contributed by atoms with Crippen LogP contribution in [-0.2, 0) is 17.6 Å². The number of amides is 3. The van der Waals surface area contributed by atoms with E-state index < -0.39 is 5.54 Å². The fourth-order valence-electron chi connectivity index (χ4n) is 5.57. The first kappa shape index (κ1) is 25.2. The van der Waals surface area contributed by atoms with Crippen LogP contribution in [0, 0.1) is 0 Å². The summed E-state index contributed by atoms with van der Waals surface area (Å²) >= 11 is 0. The van der Waals surface area contributed by atoms with Crippen molar-refractivity contribution in [2.75, 3.05) is 33.3 Å². The van der Waals surface area contributed by atoms with Gasteiger partial charge in [-0.05, 0) is 81.7 Å². The lowest BCUT2D eigenvalue weighted by Crippen LogP contribution is -2.57. The summed E-state index contributed by atoms with van der Waals surface area (Å²) in [5.41, 5.74) is 1.76. The van der Waals surface area contributed by atoms with E-state index in [0.29, 0.717) is 32.0 Å². The summed E-state index contributed by atoms with van der Waals surface area (Å²) in [6, 6.07) is 12.5. The van der Waals surface area contributed by atoms with E-state index in [1.165, 1.54) is 10.5 Å². The Morgan fingerprint density at radius 2 is 1.80 bits per heavy atom. The maximum Gasteiger partial charge on any atom is 0.327 e. The number of carbonyl (C=O) groups is 2. The van der Waals surface area contributed by atoms with Gasteiger partial charge in [-0.25, -0.2) is 4.79 Å². The molecule has 1 spiro atoms. The lowest BCUT2D eigenvalue weighted by atomic mass is 9.85. The number of likely N-dealkylation sites (N-methyl/N-ethyl adjacent to an activating group) is 1. The number of hydrogen-bond acceptors (Lipinski definition) is 5. The van der Waals surface area contributed by atoms with Crippen LogP contribution in [0.5, 0.6) is 5.75 Å². The van der Waals surface area contributed by atoms with Crippen molar-refractivity contribution in [2.45, 2.75) is 64.0 Å². The molecule has 2 aliphatic rings. The Bertz CT molecular complexity index is 987. The number of hydrogen-bond donors (Lipinski definition) is 0. The minimum Gasteiger partial charge on any atom is -0.497 e. The fourth-order valence-corrected chi connectivity index (χ4v) is 5.57. The van der Waals surface area contributed by atoms with Crippen LogP contribution in [0.3, 0.4) is 0 Å². The summed E-state index contributed by atoms with van der Waals surface area (Å²) in [5, 5.41) is 0. The topological polar surface area (TPSA) is 66.0 Å². The van der Waals surface area contributed by atoms with Gasteiger partial charge in [-0.1, -0.05) is 18.2 Å². The van der Waals surface area contributed by atoms with Crippen LogP contribution in [-0.4, -0.2) is 76.5 Å². The molecule has 3 amide bonds. The van der Waals surface area contributed by atoms with Crippen molar-refractivity contribution in [2.24, 2.45) is 0 Å².